The Labute approximate surface area is 174 Å². The summed E-state index contributed by atoms with van der Waals surface area (Å²) < 4.78 is 16.3. The Morgan fingerprint density at radius 2 is 2.00 bits per heavy atom. The maximum absolute atomic E-state index is 5.86. The summed E-state index contributed by atoms with van der Waals surface area (Å²) in [4.78, 5) is 12.9. The molecule has 0 N–H and O–H groups in total. The van der Waals surface area contributed by atoms with Crippen molar-refractivity contribution >= 4 is 0 Å². The molecular weight excluding hydrogens is 386 g/mol. The predicted octanol–water partition coefficient (Wildman–Crippen LogP) is 1.36. The number of ether oxygens (including phenoxy) is 3. The topological polar surface area (TPSA) is 100 Å². The van der Waals surface area contributed by atoms with E-state index in [-0.39, 0.29) is 6.10 Å². The van der Waals surface area contributed by atoms with Gasteiger partial charge >= 0.3 is 0 Å². The van der Waals surface area contributed by atoms with E-state index in [0.29, 0.717) is 38.0 Å². The number of aromatic nitrogens is 6. The molecule has 0 amide bonds. The molecule has 3 heterocycles. The van der Waals surface area contributed by atoms with Crippen LogP contribution in [0.3, 0.4) is 0 Å². The van der Waals surface area contributed by atoms with Crippen molar-refractivity contribution < 1.29 is 14.2 Å². The fourth-order valence-electron chi connectivity index (χ4n) is 3.32. The van der Waals surface area contributed by atoms with E-state index in [4.69, 9.17) is 14.2 Å². The van der Waals surface area contributed by atoms with Gasteiger partial charge in [-0.15, -0.1) is 10.2 Å². The first-order chi connectivity index (χ1) is 14.8. The number of methoxy groups -OCH3 is 2. The molecule has 0 aliphatic carbocycles. The number of hydrogen-bond acceptors (Lipinski definition) is 9. The highest BCUT2D eigenvalue weighted by atomic mass is 16.5. The fraction of sp³-hybridized carbons (Fsp3) is 0.450. The molecule has 1 atom stereocenters. The molecule has 1 fully saturated rings. The van der Waals surface area contributed by atoms with Crippen LogP contribution < -0.4 is 4.74 Å². The van der Waals surface area contributed by atoms with E-state index in [9.17, 15) is 0 Å². The second-order valence-corrected chi connectivity index (χ2v) is 6.95. The van der Waals surface area contributed by atoms with Gasteiger partial charge in [0.15, 0.2) is 5.82 Å². The molecular formula is C20H25N7O3. The number of rotatable bonds is 8. The number of hydrogen-bond donors (Lipinski definition) is 0. The van der Waals surface area contributed by atoms with Crippen molar-refractivity contribution in [1.82, 2.24) is 35.1 Å². The third kappa shape index (κ3) is 4.78. The Bertz CT molecular complexity index is 948. The van der Waals surface area contributed by atoms with Gasteiger partial charge in [0.1, 0.15) is 11.9 Å². The lowest BCUT2D eigenvalue weighted by Gasteiger charge is -2.31. The van der Waals surface area contributed by atoms with Crippen molar-refractivity contribution in [1.29, 1.82) is 0 Å². The van der Waals surface area contributed by atoms with Crippen LogP contribution in [0, 0.1) is 0 Å². The molecule has 0 spiro atoms. The maximum atomic E-state index is 5.86. The second-order valence-electron chi connectivity index (χ2n) is 6.95. The van der Waals surface area contributed by atoms with Gasteiger partial charge in [-0.1, -0.05) is 12.1 Å². The van der Waals surface area contributed by atoms with E-state index in [1.54, 1.807) is 14.2 Å². The van der Waals surface area contributed by atoms with Crippen LogP contribution in [0.4, 0.5) is 0 Å². The molecule has 2 aromatic heterocycles. The van der Waals surface area contributed by atoms with Gasteiger partial charge in [-0.2, -0.15) is 4.80 Å². The van der Waals surface area contributed by atoms with Crippen molar-refractivity contribution in [3.05, 3.63) is 48.0 Å². The minimum absolute atomic E-state index is 0.205. The van der Waals surface area contributed by atoms with E-state index in [0.717, 1.165) is 30.0 Å². The first-order valence-corrected chi connectivity index (χ1v) is 9.81. The van der Waals surface area contributed by atoms with Gasteiger partial charge in [0, 0.05) is 44.7 Å². The maximum Gasteiger partial charge on any atom is 0.204 e. The molecule has 0 saturated carbocycles. The van der Waals surface area contributed by atoms with E-state index in [2.05, 4.69) is 30.3 Å². The van der Waals surface area contributed by atoms with Gasteiger partial charge in [0.25, 0.3) is 0 Å². The van der Waals surface area contributed by atoms with Gasteiger partial charge in [-0.25, -0.2) is 9.97 Å². The Morgan fingerprint density at radius 3 is 2.80 bits per heavy atom. The summed E-state index contributed by atoms with van der Waals surface area (Å²) in [7, 11) is 3.29. The summed E-state index contributed by atoms with van der Waals surface area (Å²) in [5.74, 6) is 2.00. The quantitative estimate of drug-likeness (QED) is 0.544. The highest BCUT2D eigenvalue weighted by molar-refractivity contribution is 5.63. The lowest BCUT2D eigenvalue weighted by atomic mass is 10.2. The zero-order chi connectivity index (χ0) is 20.8. The average molecular weight is 411 g/mol. The third-order valence-corrected chi connectivity index (χ3v) is 4.86. The predicted molar refractivity (Wildman–Crippen MR) is 108 cm³/mol. The van der Waals surface area contributed by atoms with Gasteiger partial charge in [-0.3, -0.25) is 4.90 Å². The average Bonchev–Trinajstić information content (AvgIpc) is 3.27. The molecule has 10 nitrogen and oxygen atoms in total. The van der Waals surface area contributed by atoms with Gasteiger partial charge < -0.3 is 14.2 Å². The Balaban J connectivity index is 1.39. The van der Waals surface area contributed by atoms with Crippen LogP contribution in [-0.2, 0) is 22.6 Å². The van der Waals surface area contributed by atoms with Crippen LogP contribution in [-0.4, -0.2) is 75.6 Å². The largest absolute Gasteiger partial charge is 0.496 e. The third-order valence-electron chi connectivity index (χ3n) is 4.86. The standard InChI is InChI=1S/C20H25N7O3/c1-28-9-8-27-24-20(23-25-27)18-14-26(7-10-30-18)13-15-11-21-19(22-12-15)16-5-3-4-6-17(16)29-2/h3-6,11-12,18H,7-10,13-14H2,1-2H3. The molecule has 3 aromatic rings. The molecule has 1 saturated heterocycles. The summed E-state index contributed by atoms with van der Waals surface area (Å²) >= 11 is 0. The molecule has 4 rings (SSSR count). The van der Waals surface area contributed by atoms with Crippen LogP contribution in [0.2, 0.25) is 0 Å². The minimum atomic E-state index is -0.205. The van der Waals surface area contributed by atoms with Crippen LogP contribution in [0.1, 0.15) is 17.5 Å². The molecule has 1 aliphatic heterocycles. The Kier molecular flexibility index (Phi) is 6.57. The molecule has 1 aliphatic rings. The fourth-order valence-corrected chi connectivity index (χ4v) is 3.32. The molecule has 0 radical (unpaired) electrons. The SMILES string of the molecule is COCCn1nnc(C2CN(Cc3cnc(-c4ccccc4OC)nc3)CCO2)n1. The van der Waals surface area contributed by atoms with Crippen LogP contribution in [0.5, 0.6) is 5.75 Å². The molecule has 158 valence electrons. The zero-order valence-electron chi connectivity index (χ0n) is 17.1. The minimum Gasteiger partial charge on any atom is -0.496 e. The highest BCUT2D eigenvalue weighted by Crippen LogP contribution is 2.26. The molecule has 10 heteroatoms. The normalized spacial score (nSPS) is 17.2. The first kappa shape index (κ1) is 20.3. The number of benzene rings is 1. The number of para-hydroxylation sites is 1. The highest BCUT2D eigenvalue weighted by Gasteiger charge is 2.26. The Hall–Kier alpha value is -2.95. The van der Waals surface area contributed by atoms with Crippen LogP contribution in [0.15, 0.2) is 36.7 Å². The number of morpholine rings is 1. The smallest absolute Gasteiger partial charge is 0.204 e. The molecule has 1 aromatic carbocycles. The number of tetrazole rings is 1. The molecule has 30 heavy (non-hydrogen) atoms. The summed E-state index contributed by atoms with van der Waals surface area (Å²) in [6, 6.07) is 7.73. The monoisotopic (exact) mass is 411 g/mol. The van der Waals surface area contributed by atoms with E-state index >= 15 is 0 Å². The van der Waals surface area contributed by atoms with Crippen LogP contribution >= 0.6 is 0 Å². The van der Waals surface area contributed by atoms with Crippen molar-refractivity contribution in [2.45, 2.75) is 19.2 Å². The van der Waals surface area contributed by atoms with Gasteiger partial charge in [0.2, 0.25) is 5.82 Å². The van der Waals surface area contributed by atoms with Gasteiger partial charge in [-0.05, 0) is 17.3 Å². The number of nitrogens with zero attached hydrogens (tertiary/aromatic N) is 7. The van der Waals surface area contributed by atoms with Crippen molar-refractivity contribution in [3.63, 3.8) is 0 Å². The van der Waals surface area contributed by atoms with E-state index in [1.165, 1.54) is 4.80 Å². The lowest BCUT2D eigenvalue weighted by molar-refractivity contribution is -0.0374. The summed E-state index contributed by atoms with van der Waals surface area (Å²) in [5.41, 5.74) is 1.91. The lowest BCUT2D eigenvalue weighted by Crippen LogP contribution is -2.38. The van der Waals surface area contributed by atoms with Crippen LogP contribution in [0.25, 0.3) is 11.4 Å². The van der Waals surface area contributed by atoms with Crippen molar-refractivity contribution in [2.24, 2.45) is 0 Å². The molecule has 1 unspecified atom stereocenters. The molecule has 0 bridgehead atoms. The first-order valence-electron chi connectivity index (χ1n) is 9.81. The van der Waals surface area contributed by atoms with E-state index < -0.39 is 0 Å². The van der Waals surface area contributed by atoms with Gasteiger partial charge in [0.05, 0.1) is 32.4 Å². The van der Waals surface area contributed by atoms with Crippen molar-refractivity contribution in [3.8, 4) is 17.1 Å². The van der Waals surface area contributed by atoms with E-state index in [1.807, 2.05) is 36.7 Å². The second kappa shape index (κ2) is 9.70. The summed E-state index contributed by atoms with van der Waals surface area (Å²) in [6.45, 7) is 3.95. The summed E-state index contributed by atoms with van der Waals surface area (Å²) in [5, 5.41) is 12.6. The van der Waals surface area contributed by atoms with Crippen molar-refractivity contribution in [2.75, 3.05) is 40.5 Å². The Morgan fingerprint density at radius 1 is 1.17 bits per heavy atom. The summed E-state index contributed by atoms with van der Waals surface area (Å²) in [6.07, 6.45) is 3.51. The zero-order valence-corrected chi connectivity index (χ0v) is 17.1.